The van der Waals surface area contributed by atoms with Crippen LogP contribution < -0.4 is 5.32 Å². The smallest absolute Gasteiger partial charge is 0.321 e. The molecule has 2 N–H and O–H groups in total. The van der Waals surface area contributed by atoms with Crippen molar-refractivity contribution in [2.24, 2.45) is 5.92 Å². The van der Waals surface area contributed by atoms with Crippen LogP contribution in [0.5, 0.6) is 0 Å². The second-order valence-electron chi connectivity index (χ2n) is 3.22. The van der Waals surface area contributed by atoms with Gasteiger partial charge in [0.25, 0.3) is 0 Å². The van der Waals surface area contributed by atoms with Gasteiger partial charge in [-0.15, -0.1) is 0 Å². The van der Waals surface area contributed by atoms with Crippen LogP contribution in [0.2, 0.25) is 0 Å². The van der Waals surface area contributed by atoms with Crippen LogP contribution in [-0.4, -0.2) is 23.2 Å². The Hall–Kier alpha value is -0.830. The summed E-state index contributed by atoms with van der Waals surface area (Å²) in [6.45, 7) is 0. The highest BCUT2D eigenvalue weighted by Crippen LogP contribution is 2.27. The van der Waals surface area contributed by atoms with Gasteiger partial charge in [0.1, 0.15) is 6.04 Å². The fraction of sp³-hybridized carbons (Fsp3) is 0.625. The lowest BCUT2D eigenvalue weighted by atomic mass is 9.82. The quantitative estimate of drug-likeness (QED) is 0.535. The Morgan fingerprint density at radius 2 is 2.27 bits per heavy atom. The molecular weight excluding hydrogens is 142 g/mol. The molecule has 11 heavy (non-hydrogen) atoms. The summed E-state index contributed by atoms with van der Waals surface area (Å²) in [6.07, 6.45) is 6.22. The van der Waals surface area contributed by atoms with Crippen molar-refractivity contribution >= 4 is 5.97 Å². The normalized spacial score (nSPS) is 40.9. The molecule has 0 amide bonds. The van der Waals surface area contributed by atoms with E-state index in [9.17, 15) is 4.79 Å². The number of fused-ring (bicyclic) bond motifs is 2. The third-order valence-corrected chi connectivity index (χ3v) is 2.49. The molecule has 3 aliphatic rings. The highest BCUT2D eigenvalue weighted by molar-refractivity contribution is 5.74. The minimum absolute atomic E-state index is 0.220. The Balaban J connectivity index is 2.17. The monoisotopic (exact) mass is 153 g/mol. The van der Waals surface area contributed by atoms with Crippen molar-refractivity contribution < 1.29 is 9.90 Å². The Labute approximate surface area is 65.1 Å². The van der Waals surface area contributed by atoms with Gasteiger partial charge in [-0.05, 0) is 12.8 Å². The van der Waals surface area contributed by atoms with Gasteiger partial charge < -0.3 is 5.11 Å². The predicted molar refractivity (Wildman–Crippen MR) is 40.2 cm³/mol. The number of hydrogen-bond acceptors (Lipinski definition) is 2. The van der Waals surface area contributed by atoms with E-state index in [1.54, 1.807) is 0 Å². The van der Waals surface area contributed by atoms with E-state index in [0.717, 1.165) is 12.8 Å². The maximum atomic E-state index is 10.6. The molecule has 3 nitrogen and oxygen atoms in total. The third kappa shape index (κ3) is 1.05. The lowest BCUT2D eigenvalue weighted by Gasteiger charge is -2.36. The molecule has 0 aromatic rings. The van der Waals surface area contributed by atoms with Crippen molar-refractivity contribution in [3.05, 3.63) is 12.2 Å². The summed E-state index contributed by atoms with van der Waals surface area (Å²) in [4.78, 5) is 10.6. The zero-order chi connectivity index (χ0) is 7.84. The van der Waals surface area contributed by atoms with Gasteiger partial charge >= 0.3 is 5.97 Å². The molecule has 3 rings (SSSR count). The second-order valence-corrected chi connectivity index (χ2v) is 3.22. The van der Waals surface area contributed by atoms with Gasteiger partial charge in [0.15, 0.2) is 0 Å². The minimum Gasteiger partial charge on any atom is -0.480 e. The number of carboxylic acids is 1. The fourth-order valence-corrected chi connectivity index (χ4v) is 1.87. The molecule has 0 spiro atoms. The first-order valence-corrected chi connectivity index (χ1v) is 3.94. The van der Waals surface area contributed by atoms with E-state index in [1.807, 2.05) is 6.08 Å². The van der Waals surface area contributed by atoms with E-state index in [2.05, 4.69) is 11.4 Å². The largest absolute Gasteiger partial charge is 0.480 e. The summed E-state index contributed by atoms with van der Waals surface area (Å²) < 4.78 is 0. The highest BCUT2D eigenvalue weighted by atomic mass is 16.4. The van der Waals surface area contributed by atoms with Crippen molar-refractivity contribution in [1.82, 2.24) is 5.32 Å². The van der Waals surface area contributed by atoms with E-state index in [0.29, 0.717) is 6.04 Å². The third-order valence-electron chi connectivity index (χ3n) is 2.49. The molecule has 2 aliphatic heterocycles. The first kappa shape index (κ1) is 6.85. The van der Waals surface area contributed by atoms with Crippen LogP contribution in [0.25, 0.3) is 0 Å². The van der Waals surface area contributed by atoms with Crippen molar-refractivity contribution in [1.29, 1.82) is 0 Å². The molecule has 2 bridgehead atoms. The lowest BCUT2D eigenvalue weighted by molar-refractivity contribution is -0.141. The van der Waals surface area contributed by atoms with Gasteiger partial charge in [0.2, 0.25) is 0 Å². The Morgan fingerprint density at radius 3 is 2.55 bits per heavy atom. The summed E-state index contributed by atoms with van der Waals surface area (Å²) in [5.41, 5.74) is 0. The van der Waals surface area contributed by atoms with Crippen molar-refractivity contribution in [3.63, 3.8) is 0 Å². The van der Waals surface area contributed by atoms with E-state index >= 15 is 0 Å². The van der Waals surface area contributed by atoms with Crippen molar-refractivity contribution in [3.8, 4) is 0 Å². The van der Waals surface area contributed by atoms with Gasteiger partial charge in [0, 0.05) is 12.0 Å². The average molecular weight is 153 g/mol. The number of hydrogen-bond donors (Lipinski definition) is 2. The SMILES string of the molecule is O=C(O)[C@H]1N[C@@H]2C=C[C@@H]1CC2. The first-order chi connectivity index (χ1) is 5.27. The zero-order valence-corrected chi connectivity index (χ0v) is 6.16. The van der Waals surface area contributed by atoms with Crippen molar-refractivity contribution in [2.75, 3.05) is 0 Å². The summed E-state index contributed by atoms with van der Waals surface area (Å²) >= 11 is 0. The molecular formula is C8H11NO2. The molecule has 60 valence electrons. The molecule has 3 heteroatoms. The van der Waals surface area contributed by atoms with E-state index < -0.39 is 5.97 Å². The molecule has 2 heterocycles. The van der Waals surface area contributed by atoms with Crippen LogP contribution in [-0.2, 0) is 4.79 Å². The molecule has 1 aliphatic carbocycles. The molecule has 1 saturated heterocycles. The molecule has 3 atom stereocenters. The number of piperidine rings is 1. The van der Waals surface area contributed by atoms with Gasteiger partial charge in [-0.1, -0.05) is 12.2 Å². The van der Waals surface area contributed by atoms with Crippen LogP contribution in [0.1, 0.15) is 12.8 Å². The van der Waals surface area contributed by atoms with E-state index in [1.165, 1.54) is 0 Å². The molecule has 1 fully saturated rings. The van der Waals surface area contributed by atoms with Crippen LogP contribution in [0.4, 0.5) is 0 Å². The van der Waals surface area contributed by atoms with Crippen LogP contribution >= 0.6 is 0 Å². The highest BCUT2D eigenvalue weighted by Gasteiger charge is 2.35. The van der Waals surface area contributed by atoms with Crippen molar-refractivity contribution in [2.45, 2.75) is 24.9 Å². The summed E-state index contributed by atoms with van der Waals surface area (Å²) in [5, 5.41) is 11.8. The van der Waals surface area contributed by atoms with Crippen LogP contribution in [0.3, 0.4) is 0 Å². The maximum Gasteiger partial charge on any atom is 0.321 e. The number of aliphatic carboxylic acids is 1. The molecule has 0 aromatic carbocycles. The predicted octanol–water partition coefficient (Wildman–Crippen LogP) is 0.378. The molecule has 0 radical (unpaired) electrons. The number of carboxylic acid groups (broad SMARTS) is 1. The van der Waals surface area contributed by atoms with Gasteiger partial charge in [-0.25, -0.2) is 0 Å². The number of nitrogens with one attached hydrogen (secondary N) is 1. The fourth-order valence-electron chi connectivity index (χ4n) is 1.87. The maximum absolute atomic E-state index is 10.6. The number of carbonyl (C=O) groups is 1. The Bertz CT molecular complexity index is 212. The zero-order valence-electron chi connectivity index (χ0n) is 6.16. The minimum atomic E-state index is -0.718. The summed E-state index contributed by atoms with van der Waals surface area (Å²) in [6, 6.07) is -0.0279. The molecule has 0 unspecified atom stereocenters. The molecule has 0 saturated carbocycles. The van der Waals surface area contributed by atoms with Crippen LogP contribution in [0, 0.1) is 5.92 Å². The average Bonchev–Trinajstić information content (AvgIpc) is 2.06. The Morgan fingerprint density at radius 1 is 1.45 bits per heavy atom. The topological polar surface area (TPSA) is 49.3 Å². The standard InChI is InChI=1S/C8H11NO2/c10-8(11)7-5-1-3-6(9-7)4-2-5/h1,3,5-7,9H,2,4H2,(H,10,11)/t5-,6-,7+/m1/s1. The second kappa shape index (κ2) is 2.34. The number of rotatable bonds is 1. The summed E-state index contributed by atoms with van der Waals surface area (Å²) in [7, 11) is 0. The van der Waals surface area contributed by atoms with Gasteiger partial charge in [0.05, 0.1) is 0 Å². The van der Waals surface area contributed by atoms with Gasteiger partial charge in [-0.2, -0.15) is 0 Å². The van der Waals surface area contributed by atoms with E-state index in [-0.39, 0.29) is 12.0 Å². The Kier molecular flexibility index (Phi) is 1.46. The van der Waals surface area contributed by atoms with Crippen LogP contribution in [0.15, 0.2) is 12.2 Å². The first-order valence-electron chi connectivity index (χ1n) is 3.94. The lowest BCUT2D eigenvalue weighted by Crippen LogP contribution is -2.53. The molecule has 0 aromatic heterocycles. The van der Waals surface area contributed by atoms with Gasteiger partial charge in [-0.3, -0.25) is 10.1 Å². The van der Waals surface area contributed by atoms with E-state index in [4.69, 9.17) is 5.11 Å². The summed E-state index contributed by atoms with van der Waals surface area (Å²) in [5.74, 6) is -0.499.